The summed E-state index contributed by atoms with van der Waals surface area (Å²) >= 11 is 0. The minimum Gasteiger partial charge on any atom is -0.447 e. The number of carbonyl (C=O) groups is 10. The summed E-state index contributed by atoms with van der Waals surface area (Å²) in [6.07, 6.45) is 8.02. The van der Waals surface area contributed by atoms with Crippen LogP contribution in [0.5, 0.6) is 0 Å². The van der Waals surface area contributed by atoms with Crippen LogP contribution in [0.15, 0.2) is 141 Å². The molecular weight excluding hydrogens is 1010 g/mol. The van der Waals surface area contributed by atoms with Crippen LogP contribution in [0.1, 0.15) is 63.6 Å². The fourth-order valence-corrected chi connectivity index (χ4v) is 8.21. The fraction of sp³-hybridized carbons (Fsp3) is 0.379. The number of carbonyl (C=O) groups excluding carboxylic acids is 10. The lowest BCUT2D eigenvalue weighted by Crippen LogP contribution is -2.42. The van der Waals surface area contributed by atoms with Gasteiger partial charge in [-0.3, -0.25) is 24.0 Å². The van der Waals surface area contributed by atoms with E-state index in [1.807, 2.05) is 91.0 Å². The summed E-state index contributed by atoms with van der Waals surface area (Å²) in [5.41, 5.74) is 3.28. The van der Waals surface area contributed by atoms with Crippen molar-refractivity contribution in [3.8, 4) is 0 Å². The molecule has 416 valence electrons. The second-order valence-corrected chi connectivity index (χ2v) is 18.1. The first-order chi connectivity index (χ1) is 37.5. The van der Waals surface area contributed by atoms with E-state index in [9.17, 15) is 47.9 Å². The lowest BCUT2D eigenvalue weighted by Gasteiger charge is -2.22. The molecule has 0 saturated carbocycles. The molecule has 8 rings (SSSR count). The third-order valence-corrected chi connectivity index (χ3v) is 12.3. The van der Waals surface area contributed by atoms with Crippen molar-refractivity contribution >= 4 is 60.0 Å². The van der Waals surface area contributed by atoms with Gasteiger partial charge in [0.05, 0.1) is 31.2 Å². The Morgan fingerprint density at radius 1 is 0.526 bits per heavy atom. The molecule has 20 nitrogen and oxygen atoms in total. The molecule has 0 aliphatic carbocycles. The number of hydrogen-bond acceptors (Lipinski definition) is 15. The summed E-state index contributed by atoms with van der Waals surface area (Å²) in [5.74, 6) is -1.76. The lowest BCUT2D eigenvalue weighted by molar-refractivity contribution is -0.133. The topological polar surface area (TPSA) is 233 Å². The van der Waals surface area contributed by atoms with Crippen molar-refractivity contribution in [2.24, 2.45) is 11.8 Å². The molecule has 78 heavy (non-hydrogen) atoms. The molecular formula is C58H69N5O15. The number of imide groups is 5. The number of amides is 10. The molecule has 0 spiro atoms. The predicted octanol–water partition coefficient (Wildman–Crippen LogP) is 8.26. The quantitative estimate of drug-likeness (QED) is 0.0792. The highest BCUT2D eigenvalue weighted by Gasteiger charge is 2.41. The van der Waals surface area contributed by atoms with Crippen LogP contribution in [0.4, 0.5) is 24.0 Å². The van der Waals surface area contributed by atoms with Crippen LogP contribution in [0.2, 0.25) is 0 Å². The third kappa shape index (κ3) is 18.3. The van der Waals surface area contributed by atoms with Gasteiger partial charge >= 0.3 is 30.5 Å². The second kappa shape index (κ2) is 32.0. The molecule has 10 amide bonds. The summed E-state index contributed by atoms with van der Waals surface area (Å²) in [7, 11) is 0. The highest BCUT2D eigenvalue weighted by atomic mass is 16.6. The highest BCUT2D eigenvalue weighted by Crippen LogP contribution is 2.23. The minimum absolute atomic E-state index is 0.169. The number of benzene rings is 3. The van der Waals surface area contributed by atoms with E-state index < -0.39 is 36.4 Å². The van der Waals surface area contributed by atoms with E-state index in [4.69, 9.17) is 14.2 Å². The van der Waals surface area contributed by atoms with Crippen LogP contribution >= 0.6 is 0 Å². The van der Waals surface area contributed by atoms with Gasteiger partial charge in [-0.15, -0.1) is 13.2 Å². The largest absolute Gasteiger partial charge is 0.447 e. The van der Waals surface area contributed by atoms with Crippen molar-refractivity contribution in [2.75, 3.05) is 46.1 Å². The molecule has 3 aromatic carbocycles. The van der Waals surface area contributed by atoms with E-state index >= 15 is 0 Å². The fourth-order valence-electron chi connectivity index (χ4n) is 8.21. The number of ether oxygens (including phenoxy) is 5. The van der Waals surface area contributed by atoms with Crippen molar-refractivity contribution in [3.05, 3.63) is 158 Å². The average molecular weight is 1080 g/mol. The number of cyclic esters (lactones) is 5. The van der Waals surface area contributed by atoms with Crippen LogP contribution in [-0.4, -0.2) is 149 Å². The SMILES string of the molecule is C/C=C/C(=O)N1CCOC1=O.C=CC(=O)N1CCOC1=O.C=CC[C@@H](C)C(=O)N1C(=O)OC[C@@H]1Cc1ccccc1.C=CC[C@H](C)C(=O)N1C(=O)OC[C@H]1Cc1ccccc1.CCC(=O)N1C(=O)OC[C@H]1Cc1ccccc1. The zero-order valence-corrected chi connectivity index (χ0v) is 44.6. The Hall–Kier alpha value is -8.68. The smallest absolute Gasteiger partial charge is 0.416 e. The van der Waals surface area contributed by atoms with E-state index in [1.165, 1.54) is 20.8 Å². The van der Waals surface area contributed by atoms with Gasteiger partial charge in [0.1, 0.15) is 33.0 Å². The maximum absolute atomic E-state index is 12.3. The zero-order chi connectivity index (χ0) is 57.1. The van der Waals surface area contributed by atoms with Crippen molar-refractivity contribution < 1.29 is 71.6 Å². The Bertz CT molecular complexity index is 2520. The van der Waals surface area contributed by atoms with Crippen molar-refractivity contribution in [3.63, 3.8) is 0 Å². The highest BCUT2D eigenvalue weighted by molar-refractivity contribution is 6.00. The maximum atomic E-state index is 12.3. The Labute approximate surface area is 454 Å². The van der Waals surface area contributed by atoms with Gasteiger partial charge in [-0.1, -0.05) is 137 Å². The summed E-state index contributed by atoms with van der Waals surface area (Å²) in [6.45, 7) is 19.7. The normalized spacial score (nSPS) is 18.8. The molecule has 5 aliphatic rings. The van der Waals surface area contributed by atoms with Gasteiger partial charge in [-0.05, 0) is 67.9 Å². The third-order valence-electron chi connectivity index (χ3n) is 12.3. The molecule has 5 heterocycles. The van der Waals surface area contributed by atoms with Gasteiger partial charge in [-0.25, -0.2) is 48.5 Å². The van der Waals surface area contributed by atoms with E-state index in [2.05, 4.69) is 29.2 Å². The van der Waals surface area contributed by atoms with E-state index in [1.54, 1.807) is 45.9 Å². The molecule has 0 bridgehead atoms. The molecule has 0 unspecified atom stereocenters. The summed E-state index contributed by atoms with van der Waals surface area (Å²) in [4.78, 5) is 120. The first-order valence-electron chi connectivity index (χ1n) is 25.5. The lowest BCUT2D eigenvalue weighted by atomic mass is 10.0. The van der Waals surface area contributed by atoms with E-state index in [0.29, 0.717) is 71.4 Å². The van der Waals surface area contributed by atoms with Crippen molar-refractivity contribution in [1.82, 2.24) is 24.5 Å². The Morgan fingerprint density at radius 2 is 0.872 bits per heavy atom. The molecule has 0 N–H and O–H groups in total. The number of rotatable bonds is 15. The second-order valence-electron chi connectivity index (χ2n) is 18.1. The van der Waals surface area contributed by atoms with Gasteiger partial charge in [0.15, 0.2) is 0 Å². The molecule has 5 atom stereocenters. The average Bonchev–Trinajstić information content (AvgIpc) is 4.30. The first kappa shape index (κ1) is 61.9. The molecule has 0 aromatic heterocycles. The van der Waals surface area contributed by atoms with Gasteiger partial charge in [0.2, 0.25) is 17.7 Å². The summed E-state index contributed by atoms with van der Waals surface area (Å²) < 4.78 is 24.1. The van der Waals surface area contributed by atoms with E-state index in [-0.39, 0.29) is 66.8 Å². The number of allylic oxidation sites excluding steroid dienone is 3. The Morgan fingerprint density at radius 3 is 1.18 bits per heavy atom. The van der Waals surface area contributed by atoms with Crippen molar-refractivity contribution in [2.45, 2.75) is 84.3 Å². The Balaban J connectivity index is 0.000000216. The van der Waals surface area contributed by atoms with Gasteiger partial charge in [0, 0.05) is 18.3 Å². The van der Waals surface area contributed by atoms with Crippen LogP contribution in [-0.2, 0) is 66.9 Å². The first-order valence-corrected chi connectivity index (χ1v) is 25.5. The predicted molar refractivity (Wildman–Crippen MR) is 286 cm³/mol. The molecule has 5 fully saturated rings. The van der Waals surface area contributed by atoms with Crippen LogP contribution in [0.3, 0.4) is 0 Å². The monoisotopic (exact) mass is 1080 g/mol. The molecule has 3 aromatic rings. The van der Waals surface area contributed by atoms with Crippen molar-refractivity contribution in [1.29, 1.82) is 0 Å². The van der Waals surface area contributed by atoms with Crippen LogP contribution in [0.25, 0.3) is 0 Å². The summed E-state index contributed by atoms with van der Waals surface area (Å²) in [5, 5.41) is 0. The Kier molecular flexibility index (Phi) is 25.4. The zero-order valence-electron chi connectivity index (χ0n) is 44.6. The maximum Gasteiger partial charge on any atom is 0.416 e. The van der Waals surface area contributed by atoms with E-state index in [0.717, 1.165) is 32.6 Å². The minimum atomic E-state index is -0.579. The summed E-state index contributed by atoms with van der Waals surface area (Å²) in [6, 6.07) is 28.8. The van der Waals surface area contributed by atoms with Gasteiger partial charge in [0.25, 0.3) is 11.8 Å². The molecule has 20 heteroatoms. The molecule has 5 saturated heterocycles. The van der Waals surface area contributed by atoms with Crippen LogP contribution < -0.4 is 0 Å². The van der Waals surface area contributed by atoms with Gasteiger partial charge in [-0.2, -0.15) is 0 Å². The standard InChI is InChI=1S/2C16H19NO3.C13H15NO3.C7H9NO3.C6H7NO3/c2*1-3-7-12(2)15(18)17-14(11-20-16(17)19)10-13-8-5-4-6-9-13;1-2-12(15)14-11(9-17-13(14)16)8-10-6-4-3-5-7-10;1-2-3-6(9)8-4-5-11-7(8)10;1-2-5(8)7-3-4-10-6(7)9/h2*3-6,8-9,12,14H,1,7,10-11H2,2H3;3-7,11H,2,8-9H2,1H3;2-3H,4-5H2,1H3;2H,1,3-4H2/b;;;3-2+;/t2*12-,14+;11-;;/m101../s1. The van der Waals surface area contributed by atoms with Crippen LogP contribution in [0, 0.1) is 11.8 Å². The van der Waals surface area contributed by atoms with Gasteiger partial charge < -0.3 is 23.7 Å². The molecule has 0 radical (unpaired) electrons. The molecule has 5 aliphatic heterocycles. The number of hydrogen-bond donors (Lipinski definition) is 0. The number of nitrogens with zero attached hydrogens (tertiary/aromatic N) is 5.